The number of ether oxygens (including phenoxy) is 1. The van der Waals surface area contributed by atoms with Crippen LogP contribution in [0.25, 0.3) is 0 Å². The second-order valence-electron chi connectivity index (χ2n) is 7.41. The van der Waals surface area contributed by atoms with Crippen molar-refractivity contribution in [2.24, 2.45) is 0 Å². The van der Waals surface area contributed by atoms with E-state index in [2.05, 4.69) is 10.7 Å². The summed E-state index contributed by atoms with van der Waals surface area (Å²) in [5.41, 5.74) is 4.22. The lowest BCUT2D eigenvalue weighted by molar-refractivity contribution is -0.134. The maximum Gasteiger partial charge on any atom is 0.250 e. The van der Waals surface area contributed by atoms with Crippen molar-refractivity contribution in [2.45, 2.75) is 43.9 Å². The van der Waals surface area contributed by atoms with Crippen LogP contribution < -0.4 is 10.7 Å². The molecule has 3 aliphatic heterocycles. The summed E-state index contributed by atoms with van der Waals surface area (Å²) >= 11 is 0. The Labute approximate surface area is 163 Å². The largest absolute Gasteiger partial charge is 0.376 e. The molecule has 0 aromatic heterocycles. The van der Waals surface area contributed by atoms with Crippen LogP contribution in [0.2, 0.25) is 0 Å². The van der Waals surface area contributed by atoms with Gasteiger partial charge in [-0.3, -0.25) is 9.59 Å². The van der Waals surface area contributed by atoms with Gasteiger partial charge in [0.1, 0.15) is 11.9 Å². The van der Waals surface area contributed by atoms with Crippen LogP contribution in [-0.4, -0.2) is 53.6 Å². The minimum absolute atomic E-state index is 0.0356. The Morgan fingerprint density at radius 2 is 2.11 bits per heavy atom. The van der Waals surface area contributed by atoms with Gasteiger partial charge in [-0.05, 0) is 37.0 Å². The number of fused-ring (bicyclic) bond motifs is 1. The third-order valence-corrected chi connectivity index (χ3v) is 5.48. The first-order chi connectivity index (χ1) is 13.6. The Balaban J connectivity index is 1.27. The molecule has 3 atom stereocenters. The van der Waals surface area contributed by atoms with Gasteiger partial charge in [-0.1, -0.05) is 12.1 Å². The summed E-state index contributed by atoms with van der Waals surface area (Å²) in [6.45, 7) is 1.64. The van der Waals surface area contributed by atoms with Gasteiger partial charge < -0.3 is 20.0 Å². The van der Waals surface area contributed by atoms with E-state index in [0.29, 0.717) is 19.5 Å². The predicted molar refractivity (Wildman–Crippen MR) is 100.0 cm³/mol. The van der Waals surface area contributed by atoms with Gasteiger partial charge in [0.15, 0.2) is 0 Å². The maximum absolute atomic E-state index is 13.1. The number of rotatable bonds is 6. The smallest absolute Gasteiger partial charge is 0.250 e. The van der Waals surface area contributed by atoms with E-state index in [9.17, 15) is 14.0 Å². The van der Waals surface area contributed by atoms with Crippen molar-refractivity contribution in [3.63, 3.8) is 0 Å². The molecule has 4 rings (SSSR count). The third-order valence-electron chi connectivity index (χ3n) is 5.48. The molecule has 1 aromatic carbocycles. The van der Waals surface area contributed by atoms with E-state index in [4.69, 9.17) is 4.74 Å². The van der Waals surface area contributed by atoms with E-state index >= 15 is 0 Å². The summed E-state index contributed by atoms with van der Waals surface area (Å²) in [5.74, 6) is -0.390. The van der Waals surface area contributed by atoms with Gasteiger partial charge in [0, 0.05) is 38.5 Å². The number of amides is 2. The number of halogens is 1. The molecule has 7 nitrogen and oxygen atoms in total. The SMILES string of the molecule is O=C(CCN1C=CN2NC(c3ccc(F)cc3)CC2C1=O)NCC1CCCO1. The highest BCUT2D eigenvalue weighted by molar-refractivity contribution is 5.85. The Hall–Kier alpha value is -2.45. The molecule has 3 aliphatic rings. The molecule has 150 valence electrons. The van der Waals surface area contributed by atoms with Crippen LogP contribution in [0.15, 0.2) is 36.7 Å². The van der Waals surface area contributed by atoms with E-state index in [1.54, 1.807) is 28.2 Å². The minimum atomic E-state index is -0.324. The molecular formula is C20H25FN4O3. The molecule has 3 heterocycles. The van der Waals surface area contributed by atoms with E-state index in [-0.39, 0.29) is 42.2 Å². The number of nitrogens with zero attached hydrogens (tertiary/aromatic N) is 2. The van der Waals surface area contributed by atoms with Gasteiger partial charge in [-0.25, -0.2) is 9.82 Å². The topological polar surface area (TPSA) is 73.9 Å². The molecule has 2 N–H and O–H groups in total. The first kappa shape index (κ1) is 18.9. The highest BCUT2D eigenvalue weighted by atomic mass is 19.1. The van der Waals surface area contributed by atoms with Crippen LogP contribution in [0.1, 0.15) is 37.3 Å². The Kier molecular flexibility index (Phi) is 5.59. The molecule has 0 spiro atoms. The fourth-order valence-corrected chi connectivity index (χ4v) is 3.88. The highest BCUT2D eigenvalue weighted by Gasteiger charge is 2.39. The molecular weight excluding hydrogens is 363 g/mol. The van der Waals surface area contributed by atoms with E-state index in [1.165, 1.54) is 12.1 Å². The zero-order valence-electron chi connectivity index (χ0n) is 15.6. The van der Waals surface area contributed by atoms with Crippen LogP contribution in [0.5, 0.6) is 0 Å². The number of carbonyl (C=O) groups is 2. The normalized spacial score (nSPS) is 26.6. The second kappa shape index (κ2) is 8.28. The van der Waals surface area contributed by atoms with Crippen molar-refractivity contribution >= 4 is 11.8 Å². The summed E-state index contributed by atoms with van der Waals surface area (Å²) in [6, 6.07) is 5.94. The summed E-state index contributed by atoms with van der Waals surface area (Å²) in [7, 11) is 0. The Morgan fingerprint density at radius 1 is 1.29 bits per heavy atom. The first-order valence-electron chi connectivity index (χ1n) is 9.77. The maximum atomic E-state index is 13.1. The van der Waals surface area contributed by atoms with Crippen LogP contribution in [0.3, 0.4) is 0 Å². The van der Waals surface area contributed by atoms with Crippen molar-refractivity contribution < 1.29 is 18.7 Å². The number of nitrogens with one attached hydrogen (secondary N) is 2. The van der Waals surface area contributed by atoms with Crippen molar-refractivity contribution in [2.75, 3.05) is 19.7 Å². The van der Waals surface area contributed by atoms with Crippen molar-refractivity contribution in [1.29, 1.82) is 0 Å². The lowest BCUT2D eigenvalue weighted by atomic mass is 10.0. The molecule has 2 saturated heterocycles. The average molecular weight is 388 g/mol. The van der Waals surface area contributed by atoms with Gasteiger partial charge in [0.05, 0.1) is 12.1 Å². The van der Waals surface area contributed by atoms with Crippen LogP contribution in [0, 0.1) is 5.82 Å². The van der Waals surface area contributed by atoms with Gasteiger partial charge in [-0.2, -0.15) is 0 Å². The van der Waals surface area contributed by atoms with Crippen molar-refractivity contribution in [3.8, 4) is 0 Å². The molecule has 2 amide bonds. The molecule has 1 aromatic rings. The van der Waals surface area contributed by atoms with Crippen molar-refractivity contribution in [3.05, 3.63) is 48.0 Å². The van der Waals surface area contributed by atoms with Gasteiger partial charge >= 0.3 is 0 Å². The number of hydrogen-bond donors (Lipinski definition) is 2. The summed E-state index contributed by atoms with van der Waals surface area (Å²) in [4.78, 5) is 26.5. The quantitative estimate of drug-likeness (QED) is 0.772. The molecule has 0 bridgehead atoms. The van der Waals surface area contributed by atoms with Gasteiger partial charge in [0.25, 0.3) is 5.91 Å². The Morgan fingerprint density at radius 3 is 2.86 bits per heavy atom. The molecule has 0 aliphatic carbocycles. The Bertz CT molecular complexity index is 748. The van der Waals surface area contributed by atoms with E-state index in [1.807, 2.05) is 6.20 Å². The van der Waals surface area contributed by atoms with Crippen LogP contribution >= 0.6 is 0 Å². The zero-order valence-corrected chi connectivity index (χ0v) is 15.6. The number of carbonyl (C=O) groups excluding carboxylic acids is 2. The molecule has 28 heavy (non-hydrogen) atoms. The average Bonchev–Trinajstić information content (AvgIpc) is 3.36. The monoisotopic (exact) mass is 388 g/mol. The summed E-state index contributed by atoms with van der Waals surface area (Å²) in [5, 5.41) is 4.68. The summed E-state index contributed by atoms with van der Waals surface area (Å²) < 4.78 is 18.6. The summed E-state index contributed by atoms with van der Waals surface area (Å²) in [6.07, 6.45) is 6.50. The third kappa shape index (κ3) is 4.18. The number of benzene rings is 1. The molecule has 8 heteroatoms. The van der Waals surface area contributed by atoms with Crippen molar-refractivity contribution in [1.82, 2.24) is 20.7 Å². The van der Waals surface area contributed by atoms with Crippen LogP contribution in [0.4, 0.5) is 4.39 Å². The lowest BCUT2D eigenvalue weighted by Gasteiger charge is -2.31. The minimum Gasteiger partial charge on any atom is -0.376 e. The van der Waals surface area contributed by atoms with Crippen LogP contribution in [-0.2, 0) is 14.3 Å². The van der Waals surface area contributed by atoms with E-state index < -0.39 is 0 Å². The molecule has 2 fully saturated rings. The van der Waals surface area contributed by atoms with E-state index in [0.717, 1.165) is 25.0 Å². The number of hydrogen-bond acceptors (Lipinski definition) is 5. The fourth-order valence-electron chi connectivity index (χ4n) is 3.88. The highest BCUT2D eigenvalue weighted by Crippen LogP contribution is 2.30. The molecule has 0 saturated carbocycles. The lowest BCUT2D eigenvalue weighted by Crippen LogP contribution is -2.48. The first-order valence-corrected chi connectivity index (χ1v) is 9.77. The number of hydrazine groups is 1. The predicted octanol–water partition coefficient (Wildman–Crippen LogP) is 1.44. The zero-order chi connectivity index (χ0) is 19.5. The second-order valence-corrected chi connectivity index (χ2v) is 7.41. The molecule has 3 unspecified atom stereocenters. The standard InChI is InChI=1S/C20H25FN4O3/c21-15-5-3-14(4-6-15)17-12-18-20(27)24(9-10-25(18)23-17)8-7-19(26)22-13-16-2-1-11-28-16/h3-6,9-10,16-18,23H,1-2,7-8,11-13H2,(H,22,26). The van der Waals surface area contributed by atoms with Gasteiger partial charge in [-0.15, -0.1) is 0 Å². The molecule has 0 radical (unpaired) electrons. The van der Waals surface area contributed by atoms with Gasteiger partial charge in [0.2, 0.25) is 5.91 Å². The fraction of sp³-hybridized carbons (Fsp3) is 0.500.